The number of anilines is 1. The molecule has 2 aromatic rings. The van der Waals surface area contributed by atoms with Gasteiger partial charge in [-0.1, -0.05) is 36.5 Å². The number of rotatable bonds is 9. The Morgan fingerprint density at radius 2 is 1.81 bits per heavy atom. The van der Waals surface area contributed by atoms with E-state index in [1.165, 1.54) is 7.11 Å². The van der Waals surface area contributed by atoms with E-state index in [9.17, 15) is 4.79 Å². The van der Waals surface area contributed by atoms with Crippen molar-refractivity contribution in [3.8, 4) is 17.2 Å². The topological polar surface area (TPSA) is 56.8 Å². The predicted molar refractivity (Wildman–Crippen MR) is 109 cm³/mol. The fraction of sp³-hybridized carbons (Fsp3) is 0.350. The Balaban J connectivity index is 2.23. The van der Waals surface area contributed by atoms with Gasteiger partial charge in [0.2, 0.25) is 0 Å². The van der Waals surface area contributed by atoms with E-state index in [0.717, 1.165) is 12.8 Å². The van der Waals surface area contributed by atoms with Crippen LogP contribution >= 0.6 is 23.2 Å². The Morgan fingerprint density at radius 3 is 2.44 bits per heavy atom. The molecule has 0 aliphatic heterocycles. The summed E-state index contributed by atoms with van der Waals surface area (Å²) in [5.41, 5.74) is 0.904. The fourth-order valence-corrected chi connectivity index (χ4v) is 2.89. The maximum atomic E-state index is 12.6. The number of benzene rings is 2. The molecule has 0 saturated carbocycles. The van der Waals surface area contributed by atoms with Gasteiger partial charge in [-0.25, -0.2) is 0 Å². The lowest BCUT2D eigenvalue weighted by molar-refractivity contribution is 0.102. The Kier molecular flexibility index (Phi) is 8.07. The van der Waals surface area contributed by atoms with Crippen LogP contribution in [-0.2, 0) is 0 Å². The van der Waals surface area contributed by atoms with Crippen LogP contribution in [0.4, 0.5) is 5.69 Å². The summed E-state index contributed by atoms with van der Waals surface area (Å²) in [5, 5.41) is 3.52. The molecular formula is C20H23Cl2NO4. The molecule has 0 bridgehead atoms. The molecule has 0 aliphatic rings. The number of nitrogens with one attached hydrogen (secondary N) is 1. The van der Waals surface area contributed by atoms with Crippen molar-refractivity contribution in [2.45, 2.75) is 26.7 Å². The minimum Gasteiger partial charge on any atom is -0.495 e. The van der Waals surface area contributed by atoms with E-state index < -0.39 is 0 Å². The molecule has 0 unspecified atom stereocenters. The standard InChI is InChI=1S/C20H23Cl2NO4/c1-4-6-9-27-19-16(22)10-13(11-18(19)26-5-2)20(24)23-14-7-8-17(25-3)15(21)12-14/h7-8,10-12H,4-6,9H2,1-3H3,(H,23,24). The van der Waals surface area contributed by atoms with Crippen molar-refractivity contribution in [2.24, 2.45) is 0 Å². The highest BCUT2D eigenvalue weighted by molar-refractivity contribution is 6.33. The second kappa shape index (κ2) is 10.3. The van der Waals surface area contributed by atoms with Gasteiger partial charge in [-0.05, 0) is 43.7 Å². The van der Waals surface area contributed by atoms with Crippen LogP contribution in [0.2, 0.25) is 10.0 Å². The first-order valence-corrected chi connectivity index (χ1v) is 9.49. The smallest absolute Gasteiger partial charge is 0.255 e. The Hall–Kier alpha value is -2.11. The number of hydrogen-bond acceptors (Lipinski definition) is 4. The molecule has 0 aliphatic carbocycles. The molecule has 0 fully saturated rings. The van der Waals surface area contributed by atoms with Gasteiger partial charge in [0.1, 0.15) is 5.75 Å². The van der Waals surface area contributed by atoms with Gasteiger partial charge < -0.3 is 19.5 Å². The van der Waals surface area contributed by atoms with Crippen molar-refractivity contribution in [3.05, 3.63) is 45.9 Å². The first-order valence-electron chi connectivity index (χ1n) is 8.74. The van der Waals surface area contributed by atoms with Gasteiger partial charge in [-0.2, -0.15) is 0 Å². The molecule has 0 spiro atoms. The van der Waals surface area contributed by atoms with Gasteiger partial charge in [0.05, 0.1) is 30.4 Å². The van der Waals surface area contributed by atoms with Crippen LogP contribution in [-0.4, -0.2) is 26.2 Å². The van der Waals surface area contributed by atoms with Crippen LogP contribution in [0.3, 0.4) is 0 Å². The fourth-order valence-electron chi connectivity index (χ4n) is 2.37. The van der Waals surface area contributed by atoms with E-state index in [4.69, 9.17) is 37.4 Å². The third-order valence-corrected chi connectivity index (χ3v) is 4.30. The summed E-state index contributed by atoms with van der Waals surface area (Å²) in [6.07, 6.45) is 1.91. The van der Waals surface area contributed by atoms with E-state index in [1.54, 1.807) is 30.3 Å². The summed E-state index contributed by atoms with van der Waals surface area (Å²) in [7, 11) is 1.53. The average molecular weight is 412 g/mol. The number of carbonyl (C=O) groups is 1. The van der Waals surface area contributed by atoms with E-state index in [1.807, 2.05) is 6.92 Å². The molecule has 1 N–H and O–H groups in total. The summed E-state index contributed by atoms with van der Waals surface area (Å²) in [6, 6.07) is 8.19. The molecule has 0 saturated heterocycles. The molecular weight excluding hydrogens is 389 g/mol. The molecule has 5 nitrogen and oxygen atoms in total. The van der Waals surface area contributed by atoms with Crippen LogP contribution in [0, 0.1) is 0 Å². The van der Waals surface area contributed by atoms with E-state index in [-0.39, 0.29) is 5.91 Å². The second-order valence-electron chi connectivity index (χ2n) is 5.72. The molecule has 0 heterocycles. The van der Waals surface area contributed by atoms with Crippen molar-refractivity contribution < 1.29 is 19.0 Å². The van der Waals surface area contributed by atoms with Crippen LogP contribution in [0.25, 0.3) is 0 Å². The normalized spacial score (nSPS) is 10.4. The lowest BCUT2D eigenvalue weighted by atomic mass is 10.1. The summed E-state index contributed by atoms with van der Waals surface area (Å²) in [6.45, 7) is 4.90. The molecule has 146 valence electrons. The van der Waals surface area contributed by atoms with Crippen molar-refractivity contribution >= 4 is 34.8 Å². The minimum atomic E-state index is -0.334. The maximum Gasteiger partial charge on any atom is 0.255 e. The third-order valence-electron chi connectivity index (χ3n) is 3.73. The summed E-state index contributed by atoms with van der Waals surface area (Å²) in [5.74, 6) is 1.10. The molecule has 0 atom stereocenters. The van der Waals surface area contributed by atoms with Gasteiger partial charge in [-0.15, -0.1) is 0 Å². The van der Waals surface area contributed by atoms with Gasteiger partial charge in [0.25, 0.3) is 5.91 Å². The Labute approximate surface area is 169 Å². The first kappa shape index (κ1) is 21.2. The molecule has 2 aromatic carbocycles. The molecule has 1 amide bonds. The molecule has 7 heteroatoms. The minimum absolute atomic E-state index is 0.329. The number of halogens is 2. The maximum absolute atomic E-state index is 12.6. The zero-order valence-electron chi connectivity index (χ0n) is 15.6. The van der Waals surface area contributed by atoms with Gasteiger partial charge in [0.15, 0.2) is 11.5 Å². The highest BCUT2D eigenvalue weighted by atomic mass is 35.5. The highest BCUT2D eigenvalue weighted by Crippen LogP contribution is 2.37. The van der Waals surface area contributed by atoms with Gasteiger partial charge in [-0.3, -0.25) is 4.79 Å². The monoisotopic (exact) mass is 411 g/mol. The SMILES string of the molecule is CCCCOc1c(Cl)cc(C(=O)Nc2ccc(OC)c(Cl)c2)cc1OCC. The number of hydrogen-bond donors (Lipinski definition) is 1. The Morgan fingerprint density at radius 1 is 1.04 bits per heavy atom. The number of amides is 1. The zero-order chi connectivity index (χ0) is 19.8. The summed E-state index contributed by atoms with van der Waals surface area (Å²) in [4.78, 5) is 12.6. The summed E-state index contributed by atoms with van der Waals surface area (Å²) >= 11 is 12.4. The number of methoxy groups -OCH3 is 1. The van der Waals surface area contributed by atoms with Gasteiger partial charge in [0, 0.05) is 11.3 Å². The van der Waals surface area contributed by atoms with Crippen LogP contribution < -0.4 is 19.5 Å². The van der Waals surface area contributed by atoms with Crippen molar-refractivity contribution in [1.82, 2.24) is 0 Å². The lowest BCUT2D eigenvalue weighted by Gasteiger charge is -2.15. The van der Waals surface area contributed by atoms with E-state index >= 15 is 0 Å². The van der Waals surface area contributed by atoms with Crippen LogP contribution in [0.15, 0.2) is 30.3 Å². The van der Waals surface area contributed by atoms with E-state index in [0.29, 0.717) is 51.8 Å². The molecule has 27 heavy (non-hydrogen) atoms. The third kappa shape index (κ3) is 5.68. The number of unbranched alkanes of at least 4 members (excludes halogenated alkanes) is 1. The van der Waals surface area contributed by atoms with Gasteiger partial charge >= 0.3 is 0 Å². The number of ether oxygens (including phenoxy) is 3. The first-order chi connectivity index (χ1) is 13.0. The molecule has 0 aromatic heterocycles. The largest absolute Gasteiger partial charge is 0.495 e. The summed E-state index contributed by atoms with van der Waals surface area (Å²) < 4.78 is 16.5. The van der Waals surface area contributed by atoms with Crippen molar-refractivity contribution in [1.29, 1.82) is 0 Å². The van der Waals surface area contributed by atoms with Crippen LogP contribution in [0.5, 0.6) is 17.2 Å². The quantitative estimate of drug-likeness (QED) is 0.527. The Bertz CT molecular complexity index is 796. The second-order valence-corrected chi connectivity index (χ2v) is 6.54. The molecule has 0 radical (unpaired) electrons. The zero-order valence-corrected chi connectivity index (χ0v) is 17.1. The number of carbonyl (C=O) groups excluding carboxylic acids is 1. The molecule has 2 rings (SSSR count). The average Bonchev–Trinajstić information content (AvgIpc) is 2.64. The van der Waals surface area contributed by atoms with Crippen molar-refractivity contribution in [3.63, 3.8) is 0 Å². The van der Waals surface area contributed by atoms with E-state index in [2.05, 4.69) is 12.2 Å². The van der Waals surface area contributed by atoms with Crippen molar-refractivity contribution in [2.75, 3.05) is 25.6 Å². The predicted octanol–water partition coefficient (Wildman–Crippen LogP) is 5.83. The van der Waals surface area contributed by atoms with Crippen LogP contribution in [0.1, 0.15) is 37.0 Å². The lowest BCUT2D eigenvalue weighted by Crippen LogP contribution is -2.13. The highest BCUT2D eigenvalue weighted by Gasteiger charge is 2.17.